The highest BCUT2D eigenvalue weighted by molar-refractivity contribution is 9.10. The van der Waals surface area contributed by atoms with E-state index in [2.05, 4.69) is 20.7 Å². The van der Waals surface area contributed by atoms with Gasteiger partial charge in [-0.25, -0.2) is 21.1 Å². The zero-order chi connectivity index (χ0) is 20.0. The second-order valence-electron chi connectivity index (χ2n) is 6.35. The summed E-state index contributed by atoms with van der Waals surface area (Å²) in [6, 6.07) is 10.2. The second-order valence-corrected chi connectivity index (χ2v) is 10.7. The third kappa shape index (κ3) is 3.87. The maximum Gasteiger partial charge on any atom is 0.261 e. The van der Waals surface area contributed by atoms with E-state index in [0.717, 1.165) is 14.3 Å². The molecule has 0 aromatic heterocycles. The van der Waals surface area contributed by atoms with Gasteiger partial charge in [-0.05, 0) is 48.9 Å². The van der Waals surface area contributed by atoms with E-state index < -0.39 is 31.9 Å². The lowest BCUT2D eigenvalue weighted by molar-refractivity contribution is -0.119. The summed E-state index contributed by atoms with van der Waals surface area (Å²) in [6.07, 6.45) is 0. The molecule has 0 unspecified atom stereocenters. The third-order valence-electron chi connectivity index (χ3n) is 4.17. The first-order chi connectivity index (χ1) is 12.5. The molecule has 27 heavy (non-hydrogen) atoms. The normalized spacial score (nSPS) is 19.3. The van der Waals surface area contributed by atoms with E-state index in [1.54, 1.807) is 25.1 Å². The zero-order valence-corrected chi connectivity index (χ0v) is 17.7. The molecule has 7 nitrogen and oxygen atoms in total. The lowest BCUT2D eigenvalue weighted by Crippen LogP contribution is -2.30. The van der Waals surface area contributed by atoms with Gasteiger partial charge in [-0.15, -0.1) is 0 Å². The lowest BCUT2D eigenvalue weighted by Gasteiger charge is -2.16. The van der Waals surface area contributed by atoms with Crippen LogP contribution in [0.3, 0.4) is 0 Å². The average molecular weight is 473 g/mol. The molecule has 1 aliphatic rings. The number of sulfonamides is 2. The number of hydrogen-bond acceptors (Lipinski definition) is 5. The number of aryl methyl sites for hydroxylation is 1. The molecule has 0 saturated carbocycles. The second kappa shape index (κ2) is 6.92. The van der Waals surface area contributed by atoms with Crippen molar-refractivity contribution in [2.45, 2.75) is 18.7 Å². The van der Waals surface area contributed by atoms with E-state index in [-0.39, 0.29) is 16.3 Å². The number of benzene rings is 2. The summed E-state index contributed by atoms with van der Waals surface area (Å²) in [5.74, 6) is -1.40. The molecule has 1 heterocycles. The number of carbonyl (C=O) groups is 1. The van der Waals surface area contributed by atoms with Crippen molar-refractivity contribution >= 4 is 53.3 Å². The molecule has 1 N–H and O–H groups in total. The van der Waals surface area contributed by atoms with Crippen molar-refractivity contribution in [1.29, 1.82) is 0 Å². The van der Waals surface area contributed by atoms with Crippen LogP contribution in [-0.2, 0) is 24.8 Å². The molecule has 1 amide bonds. The maximum atomic E-state index is 12.5. The first kappa shape index (κ1) is 19.8. The summed E-state index contributed by atoms with van der Waals surface area (Å²) >= 11 is 3.35. The number of rotatable bonds is 4. The quantitative estimate of drug-likeness (QED) is 0.736. The van der Waals surface area contributed by atoms with Gasteiger partial charge in [-0.3, -0.25) is 9.52 Å². The van der Waals surface area contributed by atoms with Crippen LogP contribution in [0.25, 0.3) is 0 Å². The molecule has 0 aliphatic carbocycles. The molecule has 1 fully saturated rings. The number of carbonyl (C=O) groups excluding carboxylic acids is 1. The van der Waals surface area contributed by atoms with E-state index in [1.807, 2.05) is 6.92 Å². The minimum Gasteiger partial charge on any atom is -0.280 e. The Morgan fingerprint density at radius 3 is 2.30 bits per heavy atom. The number of anilines is 2. The molecule has 3 rings (SSSR count). The Kier molecular flexibility index (Phi) is 5.08. The van der Waals surface area contributed by atoms with Crippen LogP contribution in [0, 0.1) is 12.8 Å². The van der Waals surface area contributed by atoms with Crippen molar-refractivity contribution in [2.24, 2.45) is 5.92 Å². The Hall–Kier alpha value is -1.91. The molecular weight excluding hydrogens is 456 g/mol. The molecule has 2 aromatic rings. The first-order valence-electron chi connectivity index (χ1n) is 7.97. The largest absolute Gasteiger partial charge is 0.280 e. The number of hydrogen-bond donors (Lipinski definition) is 1. The topological polar surface area (TPSA) is 101 Å². The Morgan fingerprint density at radius 1 is 1.15 bits per heavy atom. The molecule has 0 radical (unpaired) electrons. The third-order valence-corrected chi connectivity index (χ3v) is 8.29. The number of nitrogens with one attached hydrogen (secondary N) is 1. The molecule has 1 atom stereocenters. The highest BCUT2D eigenvalue weighted by Crippen LogP contribution is 2.29. The van der Waals surface area contributed by atoms with Crippen LogP contribution < -0.4 is 9.03 Å². The van der Waals surface area contributed by atoms with Crippen molar-refractivity contribution in [3.05, 3.63) is 52.5 Å². The standard InChI is InChI=1S/C17H17BrN2O5S2/c1-11-3-4-13(9-16(11)18)19-27(24,25)15-7-5-14(6-8-15)20-17(21)12(2)10-26(20,22)23/h3-9,12,19H,10H2,1-2H3/t12-/m1/s1. The Balaban J connectivity index is 1.88. The number of amides is 1. The SMILES string of the molecule is Cc1ccc(NS(=O)(=O)c2ccc(N3C(=O)[C@H](C)CS3(=O)=O)cc2)cc1Br. The summed E-state index contributed by atoms with van der Waals surface area (Å²) in [7, 11) is -7.59. The molecule has 1 saturated heterocycles. The first-order valence-corrected chi connectivity index (χ1v) is 11.9. The Morgan fingerprint density at radius 2 is 1.78 bits per heavy atom. The van der Waals surface area contributed by atoms with Crippen LogP contribution in [-0.4, -0.2) is 28.5 Å². The molecule has 0 spiro atoms. The smallest absolute Gasteiger partial charge is 0.261 e. The zero-order valence-electron chi connectivity index (χ0n) is 14.5. The summed E-state index contributed by atoms with van der Waals surface area (Å²) < 4.78 is 53.3. The summed E-state index contributed by atoms with van der Waals surface area (Å²) in [4.78, 5) is 12.1. The molecule has 144 valence electrons. The van der Waals surface area contributed by atoms with Crippen molar-refractivity contribution in [3.63, 3.8) is 0 Å². The van der Waals surface area contributed by atoms with Crippen molar-refractivity contribution in [1.82, 2.24) is 0 Å². The molecular formula is C17H17BrN2O5S2. The van der Waals surface area contributed by atoms with E-state index in [4.69, 9.17) is 0 Å². The van der Waals surface area contributed by atoms with Crippen molar-refractivity contribution < 1.29 is 21.6 Å². The van der Waals surface area contributed by atoms with Gasteiger partial charge < -0.3 is 0 Å². The Labute approximate surface area is 166 Å². The van der Waals surface area contributed by atoms with Gasteiger partial charge in [0.05, 0.1) is 22.3 Å². The predicted octanol–water partition coefficient (Wildman–Crippen LogP) is 2.87. The number of halogens is 1. The predicted molar refractivity (Wildman–Crippen MR) is 107 cm³/mol. The van der Waals surface area contributed by atoms with E-state index in [0.29, 0.717) is 5.69 Å². The van der Waals surface area contributed by atoms with Gasteiger partial charge in [0.2, 0.25) is 15.9 Å². The summed E-state index contributed by atoms with van der Waals surface area (Å²) in [5.41, 5.74) is 1.48. The Bertz CT molecular complexity index is 1110. The van der Waals surface area contributed by atoms with Gasteiger partial charge in [0, 0.05) is 10.2 Å². The fraction of sp³-hybridized carbons (Fsp3) is 0.235. The maximum absolute atomic E-state index is 12.5. The van der Waals surface area contributed by atoms with Gasteiger partial charge in [-0.1, -0.05) is 28.9 Å². The monoisotopic (exact) mass is 472 g/mol. The minimum atomic E-state index is -3.86. The van der Waals surface area contributed by atoms with Crippen molar-refractivity contribution in [3.8, 4) is 0 Å². The van der Waals surface area contributed by atoms with Crippen LogP contribution in [0.2, 0.25) is 0 Å². The summed E-state index contributed by atoms with van der Waals surface area (Å²) in [6.45, 7) is 3.43. The van der Waals surface area contributed by atoms with Crippen molar-refractivity contribution in [2.75, 3.05) is 14.8 Å². The van der Waals surface area contributed by atoms with Crippen LogP contribution in [0.15, 0.2) is 51.8 Å². The fourth-order valence-electron chi connectivity index (χ4n) is 2.72. The van der Waals surface area contributed by atoms with Crippen LogP contribution in [0.5, 0.6) is 0 Å². The van der Waals surface area contributed by atoms with E-state index in [9.17, 15) is 21.6 Å². The summed E-state index contributed by atoms with van der Waals surface area (Å²) in [5, 5.41) is 0. The van der Waals surface area contributed by atoms with Crippen LogP contribution in [0.4, 0.5) is 11.4 Å². The van der Waals surface area contributed by atoms with E-state index >= 15 is 0 Å². The average Bonchev–Trinajstić information content (AvgIpc) is 2.78. The molecule has 0 bridgehead atoms. The molecule has 10 heteroatoms. The van der Waals surface area contributed by atoms with Crippen LogP contribution >= 0.6 is 15.9 Å². The fourth-order valence-corrected chi connectivity index (χ4v) is 5.97. The van der Waals surface area contributed by atoms with E-state index in [1.165, 1.54) is 24.3 Å². The van der Waals surface area contributed by atoms with Gasteiger partial charge in [0.25, 0.3) is 10.0 Å². The van der Waals surface area contributed by atoms with Gasteiger partial charge in [-0.2, -0.15) is 0 Å². The van der Waals surface area contributed by atoms with Gasteiger partial charge >= 0.3 is 0 Å². The highest BCUT2D eigenvalue weighted by atomic mass is 79.9. The van der Waals surface area contributed by atoms with Gasteiger partial charge in [0.15, 0.2) is 0 Å². The molecule has 1 aliphatic heterocycles. The molecule has 2 aromatic carbocycles. The highest BCUT2D eigenvalue weighted by Gasteiger charge is 2.41. The van der Waals surface area contributed by atoms with Gasteiger partial charge in [0.1, 0.15) is 0 Å². The number of nitrogens with zero attached hydrogens (tertiary/aromatic N) is 1. The van der Waals surface area contributed by atoms with Crippen LogP contribution in [0.1, 0.15) is 12.5 Å². The lowest BCUT2D eigenvalue weighted by atomic mass is 10.2. The minimum absolute atomic E-state index is 0.0416.